The largest absolute Gasteiger partial charge is 0.364 e. The molecule has 0 saturated heterocycles. The third-order valence-corrected chi connectivity index (χ3v) is 3.77. The second-order valence-electron chi connectivity index (χ2n) is 3.92. The highest BCUT2D eigenvalue weighted by Gasteiger charge is 2.22. The van der Waals surface area contributed by atoms with Gasteiger partial charge in [-0.3, -0.25) is 0 Å². The van der Waals surface area contributed by atoms with Crippen molar-refractivity contribution < 1.29 is 0 Å². The Balaban J connectivity index is 1.99. The quantitative estimate of drug-likeness (QED) is 0.850. The summed E-state index contributed by atoms with van der Waals surface area (Å²) in [7, 11) is 0. The van der Waals surface area contributed by atoms with E-state index >= 15 is 0 Å². The molecular formula is C9H14ClN3S. The normalized spacial score (nSPS) is 27.6. The van der Waals surface area contributed by atoms with E-state index in [1.54, 1.807) is 0 Å². The molecule has 1 aliphatic carbocycles. The van der Waals surface area contributed by atoms with E-state index in [1.807, 2.05) is 0 Å². The third kappa shape index (κ3) is 2.17. The molecule has 0 aromatic carbocycles. The van der Waals surface area contributed by atoms with Gasteiger partial charge in [-0.2, -0.15) is 8.75 Å². The van der Waals surface area contributed by atoms with Crippen LogP contribution in [0.4, 0.5) is 5.82 Å². The van der Waals surface area contributed by atoms with Crippen LogP contribution >= 0.6 is 23.3 Å². The summed E-state index contributed by atoms with van der Waals surface area (Å²) in [6.45, 7) is 2.28. The van der Waals surface area contributed by atoms with Crippen LogP contribution in [0.5, 0.6) is 0 Å². The van der Waals surface area contributed by atoms with Crippen LogP contribution in [-0.4, -0.2) is 14.8 Å². The molecule has 1 heterocycles. The van der Waals surface area contributed by atoms with Crippen LogP contribution in [0.3, 0.4) is 0 Å². The van der Waals surface area contributed by atoms with Crippen molar-refractivity contribution in [2.75, 3.05) is 5.32 Å². The molecule has 0 spiro atoms. The Hall–Kier alpha value is -0.350. The molecule has 0 radical (unpaired) electrons. The van der Waals surface area contributed by atoms with Crippen molar-refractivity contribution in [3.63, 3.8) is 0 Å². The number of nitrogens with one attached hydrogen (secondary N) is 1. The molecule has 0 bridgehead atoms. The fourth-order valence-corrected chi connectivity index (χ4v) is 2.63. The van der Waals surface area contributed by atoms with E-state index in [-0.39, 0.29) is 0 Å². The summed E-state index contributed by atoms with van der Waals surface area (Å²) >= 11 is 7.04. The molecule has 0 aliphatic heterocycles. The van der Waals surface area contributed by atoms with Gasteiger partial charge < -0.3 is 5.32 Å². The average Bonchev–Trinajstić information content (AvgIpc) is 2.56. The number of hydrogen-bond donors (Lipinski definition) is 1. The molecule has 1 N–H and O–H groups in total. The SMILES string of the molecule is CC1CCCCC1Nc1nsnc1Cl. The summed E-state index contributed by atoms with van der Waals surface area (Å²) in [6.07, 6.45) is 5.17. The highest BCUT2D eigenvalue weighted by atomic mass is 35.5. The Bertz CT molecular complexity index is 302. The van der Waals surface area contributed by atoms with Gasteiger partial charge in [-0.1, -0.05) is 31.4 Å². The number of anilines is 1. The lowest BCUT2D eigenvalue weighted by molar-refractivity contribution is 0.349. The molecule has 2 unspecified atom stereocenters. The van der Waals surface area contributed by atoms with Gasteiger partial charge in [0.1, 0.15) is 0 Å². The summed E-state index contributed by atoms with van der Waals surface area (Å²) in [5, 5.41) is 3.89. The molecule has 78 valence electrons. The van der Waals surface area contributed by atoms with Crippen molar-refractivity contribution in [3.8, 4) is 0 Å². The predicted molar refractivity (Wildman–Crippen MR) is 60.0 cm³/mol. The highest BCUT2D eigenvalue weighted by molar-refractivity contribution is 6.99. The van der Waals surface area contributed by atoms with Gasteiger partial charge in [0, 0.05) is 6.04 Å². The topological polar surface area (TPSA) is 37.8 Å². The minimum absolute atomic E-state index is 0.507. The lowest BCUT2D eigenvalue weighted by atomic mass is 9.86. The molecule has 1 aliphatic rings. The van der Waals surface area contributed by atoms with Crippen molar-refractivity contribution in [1.82, 2.24) is 8.75 Å². The van der Waals surface area contributed by atoms with E-state index in [1.165, 1.54) is 25.7 Å². The number of nitrogens with zero attached hydrogens (tertiary/aromatic N) is 2. The Labute approximate surface area is 93.2 Å². The fraction of sp³-hybridized carbons (Fsp3) is 0.778. The summed E-state index contributed by atoms with van der Waals surface area (Å²) in [6, 6.07) is 0.519. The maximum absolute atomic E-state index is 5.88. The molecule has 2 atom stereocenters. The Morgan fingerprint density at radius 3 is 2.79 bits per heavy atom. The monoisotopic (exact) mass is 231 g/mol. The van der Waals surface area contributed by atoms with Crippen LogP contribution < -0.4 is 5.32 Å². The smallest absolute Gasteiger partial charge is 0.186 e. The van der Waals surface area contributed by atoms with Crippen LogP contribution in [0, 0.1) is 5.92 Å². The predicted octanol–water partition coefficient (Wildman–Crippen LogP) is 3.18. The summed E-state index contributed by atoms with van der Waals surface area (Å²) < 4.78 is 8.07. The lowest BCUT2D eigenvalue weighted by Gasteiger charge is -2.29. The Morgan fingerprint density at radius 1 is 1.36 bits per heavy atom. The van der Waals surface area contributed by atoms with Crippen LogP contribution in [-0.2, 0) is 0 Å². The zero-order chi connectivity index (χ0) is 9.97. The number of aromatic nitrogens is 2. The molecule has 1 saturated carbocycles. The number of hydrogen-bond acceptors (Lipinski definition) is 4. The van der Waals surface area contributed by atoms with Gasteiger partial charge in [0.15, 0.2) is 11.0 Å². The molecular weight excluding hydrogens is 218 g/mol. The standard InChI is InChI=1S/C9H14ClN3S/c1-6-4-2-3-5-7(6)11-9-8(10)12-14-13-9/h6-7H,2-5H2,1H3,(H,11,13). The van der Waals surface area contributed by atoms with E-state index in [0.717, 1.165) is 17.5 Å². The number of halogens is 1. The highest BCUT2D eigenvalue weighted by Crippen LogP contribution is 2.28. The van der Waals surface area contributed by atoms with Crippen molar-refractivity contribution in [2.45, 2.75) is 38.6 Å². The maximum atomic E-state index is 5.88. The van der Waals surface area contributed by atoms with Gasteiger partial charge >= 0.3 is 0 Å². The maximum Gasteiger partial charge on any atom is 0.186 e. The lowest BCUT2D eigenvalue weighted by Crippen LogP contribution is -2.30. The molecule has 1 fully saturated rings. The van der Waals surface area contributed by atoms with E-state index < -0.39 is 0 Å². The molecule has 14 heavy (non-hydrogen) atoms. The molecule has 1 aromatic heterocycles. The van der Waals surface area contributed by atoms with Crippen molar-refractivity contribution >= 4 is 29.1 Å². The van der Waals surface area contributed by atoms with Crippen LogP contribution in [0.1, 0.15) is 32.6 Å². The third-order valence-electron chi connectivity index (χ3n) is 2.88. The molecule has 1 aromatic rings. The van der Waals surface area contributed by atoms with E-state index in [9.17, 15) is 0 Å². The second kappa shape index (κ2) is 4.45. The average molecular weight is 232 g/mol. The van der Waals surface area contributed by atoms with Gasteiger partial charge in [0.25, 0.3) is 0 Å². The molecule has 0 amide bonds. The van der Waals surface area contributed by atoms with E-state index in [0.29, 0.717) is 17.1 Å². The minimum atomic E-state index is 0.507. The van der Waals surface area contributed by atoms with Gasteiger partial charge in [0.2, 0.25) is 0 Å². The van der Waals surface area contributed by atoms with Crippen LogP contribution in [0.15, 0.2) is 0 Å². The number of rotatable bonds is 2. The first-order valence-corrected chi connectivity index (χ1v) is 6.13. The van der Waals surface area contributed by atoms with Gasteiger partial charge in [0.05, 0.1) is 11.7 Å². The first-order valence-electron chi connectivity index (χ1n) is 5.02. The van der Waals surface area contributed by atoms with Gasteiger partial charge in [-0.25, -0.2) is 0 Å². The summed E-state index contributed by atoms with van der Waals surface area (Å²) in [4.78, 5) is 0. The first kappa shape index (κ1) is 10.2. The zero-order valence-electron chi connectivity index (χ0n) is 8.16. The second-order valence-corrected chi connectivity index (χ2v) is 4.80. The first-order chi connectivity index (χ1) is 6.77. The Kier molecular flexibility index (Phi) is 3.23. The van der Waals surface area contributed by atoms with E-state index in [2.05, 4.69) is 21.0 Å². The Morgan fingerprint density at radius 2 is 2.14 bits per heavy atom. The summed E-state index contributed by atoms with van der Waals surface area (Å²) in [5.41, 5.74) is 0. The minimum Gasteiger partial charge on any atom is -0.364 e. The van der Waals surface area contributed by atoms with Gasteiger partial charge in [-0.15, -0.1) is 0 Å². The molecule has 5 heteroatoms. The van der Waals surface area contributed by atoms with Crippen LogP contribution in [0.25, 0.3) is 0 Å². The van der Waals surface area contributed by atoms with Crippen molar-refractivity contribution in [2.24, 2.45) is 5.92 Å². The van der Waals surface area contributed by atoms with Crippen molar-refractivity contribution in [3.05, 3.63) is 5.15 Å². The molecule has 2 rings (SSSR count). The van der Waals surface area contributed by atoms with Gasteiger partial charge in [-0.05, 0) is 18.8 Å². The summed E-state index contributed by atoms with van der Waals surface area (Å²) in [5.74, 6) is 1.47. The van der Waals surface area contributed by atoms with Crippen molar-refractivity contribution in [1.29, 1.82) is 0 Å². The van der Waals surface area contributed by atoms with Crippen LogP contribution in [0.2, 0.25) is 5.15 Å². The zero-order valence-corrected chi connectivity index (χ0v) is 9.74. The fourth-order valence-electron chi connectivity index (χ4n) is 1.97. The molecule has 3 nitrogen and oxygen atoms in total. The van der Waals surface area contributed by atoms with E-state index in [4.69, 9.17) is 11.6 Å².